The molecule has 0 saturated carbocycles. The summed E-state index contributed by atoms with van der Waals surface area (Å²) >= 11 is 0. The van der Waals surface area contributed by atoms with Crippen LogP contribution in [0.3, 0.4) is 0 Å². The second-order valence-electron chi connectivity index (χ2n) is 6.31. The van der Waals surface area contributed by atoms with Crippen LogP contribution in [-0.2, 0) is 15.8 Å². The highest BCUT2D eigenvalue weighted by molar-refractivity contribution is 7.88. The largest absolute Gasteiger partial charge is 0.370 e. The van der Waals surface area contributed by atoms with Gasteiger partial charge >= 0.3 is 0 Å². The molecule has 27 heavy (non-hydrogen) atoms. The lowest BCUT2D eigenvalue weighted by atomic mass is 10.2. The molecule has 1 aromatic heterocycles. The number of hydrogen-bond donors (Lipinski definition) is 2. The van der Waals surface area contributed by atoms with Crippen LogP contribution in [0.5, 0.6) is 0 Å². The lowest BCUT2D eigenvalue weighted by Gasteiger charge is -2.17. The molecule has 0 bridgehead atoms. The molecule has 0 spiro atoms. The molecule has 3 rings (SSSR count). The van der Waals surface area contributed by atoms with Crippen molar-refractivity contribution in [2.45, 2.75) is 18.6 Å². The second-order valence-corrected chi connectivity index (χ2v) is 8.12. The first-order valence-electron chi connectivity index (χ1n) is 8.66. The molecule has 0 atom stereocenters. The van der Waals surface area contributed by atoms with Gasteiger partial charge in [0.05, 0.1) is 17.6 Å². The van der Waals surface area contributed by atoms with E-state index in [9.17, 15) is 17.2 Å². The molecule has 0 amide bonds. The van der Waals surface area contributed by atoms with Crippen molar-refractivity contribution in [2.75, 3.05) is 36.4 Å². The molecular weight excluding hydrogens is 376 g/mol. The number of benzene rings is 1. The van der Waals surface area contributed by atoms with Crippen molar-refractivity contribution in [3.05, 3.63) is 47.7 Å². The van der Waals surface area contributed by atoms with Gasteiger partial charge in [-0.3, -0.25) is 0 Å². The van der Waals surface area contributed by atoms with Gasteiger partial charge < -0.3 is 10.2 Å². The summed E-state index contributed by atoms with van der Waals surface area (Å²) < 4.78 is 53.2. The predicted octanol–water partition coefficient (Wildman–Crippen LogP) is 1.89. The second kappa shape index (κ2) is 8.57. The van der Waals surface area contributed by atoms with Crippen LogP contribution in [0.25, 0.3) is 0 Å². The lowest BCUT2D eigenvalue weighted by Crippen LogP contribution is -2.30. The van der Waals surface area contributed by atoms with Crippen molar-refractivity contribution in [1.82, 2.24) is 14.9 Å². The van der Waals surface area contributed by atoms with E-state index in [2.05, 4.69) is 25.1 Å². The number of hydrogen-bond acceptors (Lipinski definition) is 6. The van der Waals surface area contributed by atoms with E-state index in [-0.39, 0.29) is 18.7 Å². The lowest BCUT2D eigenvalue weighted by molar-refractivity contribution is 0.571. The molecule has 10 heteroatoms. The summed E-state index contributed by atoms with van der Waals surface area (Å²) in [6, 6.07) is 4.61. The van der Waals surface area contributed by atoms with Crippen molar-refractivity contribution in [3.63, 3.8) is 0 Å². The Morgan fingerprint density at radius 2 is 1.89 bits per heavy atom. The van der Waals surface area contributed by atoms with Gasteiger partial charge in [0.1, 0.15) is 11.6 Å². The standard InChI is InChI=1S/C17H21F2N5O2S/c18-14-3-4-16(19)13(9-14)12-27(25,26)22-6-5-20-17-10-15(11-21-23-17)24-7-1-2-8-24/h3-4,9-11,22H,1-2,5-8,12H2,(H,20,23). The van der Waals surface area contributed by atoms with Crippen LogP contribution < -0.4 is 14.9 Å². The van der Waals surface area contributed by atoms with Crippen LogP contribution in [0, 0.1) is 11.6 Å². The Hall–Kier alpha value is -2.33. The van der Waals surface area contributed by atoms with Crippen molar-refractivity contribution in [1.29, 1.82) is 0 Å². The van der Waals surface area contributed by atoms with Gasteiger partial charge in [-0.2, -0.15) is 5.10 Å². The van der Waals surface area contributed by atoms with E-state index in [1.807, 2.05) is 6.07 Å². The third kappa shape index (κ3) is 5.57. The summed E-state index contributed by atoms with van der Waals surface area (Å²) in [5.74, 6) is -1.51. The molecular formula is C17H21F2N5O2S. The molecule has 1 fully saturated rings. The first-order chi connectivity index (χ1) is 12.9. The summed E-state index contributed by atoms with van der Waals surface area (Å²) in [4.78, 5) is 2.22. The smallest absolute Gasteiger partial charge is 0.215 e. The molecule has 0 unspecified atom stereocenters. The fraction of sp³-hybridized carbons (Fsp3) is 0.412. The van der Waals surface area contributed by atoms with Gasteiger partial charge in [-0.15, -0.1) is 5.10 Å². The predicted molar refractivity (Wildman–Crippen MR) is 99.0 cm³/mol. The third-order valence-electron chi connectivity index (χ3n) is 4.22. The van der Waals surface area contributed by atoms with Gasteiger partial charge in [0.15, 0.2) is 5.82 Å². The fourth-order valence-corrected chi connectivity index (χ4v) is 4.04. The average molecular weight is 397 g/mol. The molecule has 2 N–H and O–H groups in total. The number of halogens is 2. The molecule has 146 valence electrons. The molecule has 2 aromatic rings. The summed E-state index contributed by atoms with van der Waals surface area (Å²) in [6.45, 7) is 2.33. The highest BCUT2D eigenvalue weighted by atomic mass is 32.2. The number of nitrogens with zero attached hydrogens (tertiary/aromatic N) is 3. The van der Waals surface area contributed by atoms with Crippen molar-refractivity contribution < 1.29 is 17.2 Å². The Bertz CT molecular complexity index is 889. The number of aromatic nitrogens is 2. The van der Waals surface area contributed by atoms with Gasteiger partial charge in [-0.1, -0.05) is 0 Å². The summed E-state index contributed by atoms with van der Waals surface area (Å²) in [5.41, 5.74) is 0.770. The SMILES string of the molecule is O=S(=O)(Cc1cc(F)ccc1F)NCCNc1cc(N2CCCC2)cnn1. The first-order valence-corrected chi connectivity index (χ1v) is 10.3. The first kappa shape index (κ1) is 19.4. The molecule has 1 saturated heterocycles. The number of nitrogens with one attached hydrogen (secondary N) is 2. The Labute approximate surface area is 156 Å². The highest BCUT2D eigenvalue weighted by Gasteiger charge is 2.16. The zero-order chi connectivity index (χ0) is 19.3. The zero-order valence-electron chi connectivity index (χ0n) is 14.7. The van der Waals surface area contributed by atoms with E-state index in [0.29, 0.717) is 5.82 Å². The zero-order valence-corrected chi connectivity index (χ0v) is 15.5. The topological polar surface area (TPSA) is 87.2 Å². The van der Waals surface area contributed by atoms with Gasteiger partial charge in [-0.05, 0) is 31.0 Å². The van der Waals surface area contributed by atoms with E-state index in [1.165, 1.54) is 0 Å². The number of rotatable bonds is 8. The van der Waals surface area contributed by atoms with Crippen molar-refractivity contribution >= 4 is 21.5 Å². The molecule has 2 heterocycles. The minimum atomic E-state index is -3.79. The van der Waals surface area contributed by atoms with Crippen LogP contribution >= 0.6 is 0 Å². The normalized spacial score (nSPS) is 14.5. The molecule has 1 aliphatic heterocycles. The number of sulfonamides is 1. The van der Waals surface area contributed by atoms with Crippen molar-refractivity contribution in [2.24, 2.45) is 0 Å². The highest BCUT2D eigenvalue weighted by Crippen LogP contribution is 2.20. The Kier molecular flexibility index (Phi) is 6.17. The van der Waals surface area contributed by atoms with E-state index < -0.39 is 27.4 Å². The molecule has 1 aromatic carbocycles. The quantitative estimate of drug-likeness (QED) is 0.662. The van der Waals surface area contributed by atoms with Crippen LogP contribution in [0.4, 0.5) is 20.3 Å². The van der Waals surface area contributed by atoms with Gasteiger partial charge in [0, 0.05) is 37.8 Å². The van der Waals surface area contributed by atoms with Crippen LogP contribution in [0.1, 0.15) is 18.4 Å². The summed E-state index contributed by atoms with van der Waals surface area (Å²) in [5, 5.41) is 10.9. The Morgan fingerprint density at radius 1 is 1.11 bits per heavy atom. The molecule has 0 aliphatic carbocycles. The molecule has 1 aliphatic rings. The van der Waals surface area contributed by atoms with E-state index in [4.69, 9.17) is 0 Å². The van der Waals surface area contributed by atoms with Crippen LogP contribution in [0.2, 0.25) is 0 Å². The van der Waals surface area contributed by atoms with Crippen LogP contribution in [0.15, 0.2) is 30.5 Å². The van der Waals surface area contributed by atoms with E-state index in [0.717, 1.165) is 49.8 Å². The number of anilines is 2. The summed E-state index contributed by atoms with van der Waals surface area (Å²) in [7, 11) is -3.79. The molecule has 0 radical (unpaired) electrons. The third-order valence-corrected chi connectivity index (χ3v) is 5.55. The monoisotopic (exact) mass is 397 g/mol. The van der Waals surface area contributed by atoms with Gasteiger partial charge in [0.25, 0.3) is 0 Å². The maximum Gasteiger partial charge on any atom is 0.215 e. The van der Waals surface area contributed by atoms with Crippen LogP contribution in [-0.4, -0.2) is 44.8 Å². The minimum absolute atomic E-state index is 0.0783. The van der Waals surface area contributed by atoms with Crippen molar-refractivity contribution in [3.8, 4) is 0 Å². The molecule has 7 nitrogen and oxygen atoms in total. The van der Waals surface area contributed by atoms with E-state index >= 15 is 0 Å². The maximum absolute atomic E-state index is 13.6. The van der Waals surface area contributed by atoms with Gasteiger partial charge in [-0.25, -0.2) is 21.9 Å². The fourth-order valence-electron chi connectivity index (χ4n) is 2.90. The average Bonchev–Trinajstić information content (AvgIpc) is 3.17. The summed E-state index contributed by atoms with van der Waals surface area (Å²) in [6.07, 6.45) is 4.00. The maximum atomic E-state index is 13.6. The Balaban J connectivity index is 1.49. The minimum Gasteiger partial charge on any atom is -0.370 e. The van der Waals surface area contributed by atoms with Gasteiger partial charge in [0.2, 0.25) is 10.0 Å². The van der Waals surface area contributed by atoms with E-state index in [1.54, 1.807) is 6.20 Å². The Morgan fingerprint density at radius 3 is 2.67 bits per heavy atom.